The van der Waals surface area contributed by atoms with Gasteiger partial charge in [-0.1, -0.05) is 36.4 Å². The molecule has 2 aromatic carbocycles. The lowest BCUT2D eigenvalue weighted by Gasteiger charge is -2.23. The van der Waals surface area contributed by atoms with Crippen LogP contribution in [0.3, 0.4) is 0 Å². The van der Waals surface area contributed by atoms with Crippen molar-refractivity contribution in [2.75, 3.05) is 12.3 Å². The first-order valence-electron chi connectivity index (χ1n) is 9.06. The molecule has 3 heterocycles. The van der Waals surface area contributed by atoms with Crippen LogP contribution < -0.4 is 10.5 Å². The molecule has 1 aliphatic rings. The first kappa shape index (κ1) is 16.1. The molecule has 0 radical (unpaired) electrons. The van der Waals surface area contributed by atoms with Gasteiger partial charge < -0.3 is 19.8 Å². The van der Waals surface area contributed by atoms with Crippen LogP contribution in [0.25, 0.3) is 21.9 Å². The number of hydrogen-bond acceptors (Lipinski definition) is 5. The van der Waals surface area contributed by atoms with Gasteiger partial charge in [-0.2, -0.15) is 0 Å². The molecule has 1 unspecified atom stereocenters. The van der Waals surface area contributed by atoms with Gasteiger partial charge in [-0.05, 0) is 24.6 Å². The van der Waals surface area contributed by atoms with Gasteiger partial charge in [0.15, 0.2) is 5.82 Å². The van der Waals surface area contributed by atoms with Crippen molar-refractivity contribution in [3.8, 4) is 5.75 Å². The summed E-state index contributed by atoms with van der Waals surface area (Å²) in [7, 11) is 0. The molecule has 4 aromatic rings. The summed E-state index contributed by atoms with van der Waals surface area (Å²) >= 11 is 0. The van der Waals surface area contributed by atoms with Crippen molar-refractivity contribution >= 4 is 27.8 Å². The van der Waals surface area contributed by atoms with Crippen molar-refractivity contribution < 1.29 is 9.47 Å². The molecule has 136 valence electrons. The highest BCUT2D eigenvalue weighted by molar-refractivity contribution is 6.09. The van der Waals surface area contributed by atoms with Gasteiger partial charge in [-0.15, -0.1) is 0 Å². The highest BCUT2D eigenvalue weighted by Crippen LogP contribution is 2.37. The summed E-state index contributed by atoms with van der Waals surface area (Å²) in [4.78, 5) is 9.28. The van der Waals surface area contributed by atoms with Crippen LogP contribution in [0.2, 0.25) is 0 Å². The van der Waals surface area contributed by atoms with E-state index in [1.54, 1.807) is 0 Å². The van der Waals surface area contributed by atoms with Gasteiger partial charge in [0, 0.05) is 0 Å². The van der Waals surface area contributed by atoms with Crippen LogP contribution in [0.15, 0.2) is 48.5 Å². The quantitative estimate of drug-likeness (QED) is 0.601. The van der Waals surface area contributed by atoms with E-state index < -0.39 is 0 Å². The lowest BCUT2D eigenvalue weighted by Crippen LogP contribution is -2.21. The molecule has 0 aliphatic carbocycles. The standard InChI is InChI=1S/C21H20N4O2/c1-13-10-26-12-17-24-19-20(25(13)17)18-15(23-21(19)22)8-5-9-16(18)27-11-14-6-3-2-4-7-14/h2-9,13H,10-12H2,1H3,(H2,22,23). The molecular weight excluding hydrogens is 340 g/mol. The summed E-state index contributed by atoms with van der Waals surface area (Å²) in [5, 5.41) is 0.949. The van der Waals surface area contributed by atoms with E-state index in [1.165, 1.54) is 0 Å². The number of pyridine rings is 1. The van der Waals surface area contributed by atoms with Gasteiger partial charge in [0.25, 0.3) is 0 Å². The van der Waals surface area contributed by atoms with Crippen LogP contribution >= 0.6 is 0 Å². The Morgan fingerprint density at radius 1 is 1.15 bits per heavy atom. The van der Waals surface area contributed by atoms with Crippen LogP contribution in [-0.2, 0) is 18.0 Å². The summed E-state index contributed by atoms with van der Waals surface area (Å²) in [6.45, 7) is 3.74. The molecule has 1 atom stereocenters. The van der Waals surface area contributed by atoms with E-state index in [9.17, 15) is 0 Å². The van der Waals surface area contributed by atoms with Gasteiger partial charge in [0.05, 0.1) is 29.1 Å². The maximum Gasteiger partial charge on any atom is 0.152 e. The summed E-state index contributed by atoms with van der Waals surface area (Å²) < 4.78 is 14.1. The van der Waals surface area contributed by atoms with Crippen molar-refractivity contribution in [1.29, 1.82) is 0 Å². The van der Waals surface area contributed by atoms with Crippen molar-refractivity contribution in [3.63, 3.8) is 0 Å². The fraction of sp³-hybridized carbons (Fsp3) is 0.238. The predicted octanol–water partition coefficient (Wildman–Crippen LogP) is 3.84. The number of ether oxygens (including phenoxy) is 2. The minimum atomic E-state index is 0.172. The van der Waals surface area contributed by atoms with Crippen LogP contribution in [0, 0.1) is 0 Å². The molecule has 1 aliphatic heterocycles. The van der Waals surface area contributed by atoms with Crippen molar-refractivity contribution in [2.24, 2.45) is 0 Å². The van der Waals surface area contributed by atoms with Crippen LogP contribution in [0.5, 0.6) is 5.75 Å². The first-order chi connectivity index (χ1) is 13.2. The maximum absolute atomic E-state index is 6.23. The fourth-order valence-corrected chi connectivity index (χ4v) is 3.76. The number of nitrogens with zero attached hydrogens (tertiary/aromatic N) is 3. The number of anilines is 1. The second-order valence-corrected chi connectivity index (χ2v) is 6.88. The van der Waals surface area contributed by atoms with Gasteiger partial charge in [-0.25, -0.2) is 9.97 Å². The van der Waals surface area contributed by atoms with Crippen molar-refractivity contribution in [2.45, 2.75) is 26.2 Å². The number of nitrogen functional groups attached to an aromatic ring is 1. The Morgan fingerprint density at radius 2 is 2.00 bits per heavy atom. The third kappa shape index (κ3) is 2.61. The first-order valence-corrected chi connectivity index (χ1v) is 9.06. The molecule has 0 fully saturated rings. The van der Waals surface area contributed by atoms with Crippen LogP contribution in [0.4, 0.5) is 5.82 Å². The number of imidazole rings is 1. The minimum Gasteiger partial charge on any atom is -0.488 e. The molecule has 0 amide bonds. The number of rotatable bonds is 3. The van der Waals surface area contributed by atoms with E-state index in [0.29, 0.717) is 31.2 Å². The molecule has 6 nitrogen and oxygen atoms in total. The average Bonchev–Trinajstić information content (AvgIpc) is 3.09. The molecular formula is C21H20N4O2. The Morgan fingerprint density at radius 3 is 2.85 bits per heavy atom. The van der Waals surface area contributed by atoms with E-state index >= 15 is 0 Å². The van der Waals surface area contributed by atoms with E-state index in [0.717, 1.165) is 33.6 Å². The Labute approximate surface area is 156 Å². The molecule has 2 aromatic heterocycles. The fourth-order valence-electron chi connectivity index (χ4n) is 3.76. The monoisotopic (exact) mass is 360 g/mol. The number of aromatic nitrogens is 3. The normalized spacial score (nSPS) is 16.6. The number of nitrogens with two attached hydrogens (primary N) is 1. The summed E-state index contributed by atoms with van der Waals surface area (Å²) in [5.74, 6) is 2.10. The predicted molar refractivity (Wildman–Crippen MR) is 105 cm³/mol. The van der Waals surface area contributed by atoms with Crippen LogP contribution in [0.1, 0.15) is 24.4 Å². The van der Waals surface area contributed by atoms with E-state index in [1.807, 2.05) is 36.4 Å². The van der Waals surface area contributed by atoms with Crippen LogP contribution in [-0.4, -0.2) is 21.1 Å². The zero-order valence-electron chi connectivity index (χ0n) is 15.1. The molecule has 2 N–H and O–H groups in total. The third-order valence-electron chi connectivity index (χ3n) is 4.98. The SMILES string of the molecule is CC1COCc2nc3c(N)nc4cccc(OCc5ccccc5)c4c3n21. The zero-order chi connectivity index (χ0) is 18.4. The average molecular weight is 360 g/mol. The molecule has 0 saturated carbocycles. The minimum absolute atomic E-state index is 0.172. The lowest BCUT2D eigenvalue weighted by atomic mass is 10.1. The highest BCUT2D eigenvalue weighted by atomic mass is 16.5. The molecule has 0 saturated heterocycles. The Kier molecular flexibility index (Phi) is 3.72. The number of fused-ring (bicyclic) bond motifs is 5. The van der Waals surface area contributed by atoms with Gasteiger partial charge in [0.2, 0.25) is 0 Å². The smallest absolute Gasteiger partial charge is 0.152 e. The molecule has 27 heavy (non-hydrogen) atoms. The largest absolute Gasteiger partial charge is 0.488 e. The summed E-state index contributed by atoms with van der Waals surface area (Å²) in [6.07, 6.45) is 0. The van der Waals surface area contributed by atoms with E-state index in [2.05, 4.69) is 28.6 Å². The Balaban J connectivity index is 1.72. The van der Waals surface area contributed by atoms with Gasteiger partial charge >= 0.3 is 0 Å². The van der Waals surface area contributed by atoms with Crippen molar-refractivity contribution in [3.05, 3.63) is 59.9 Å². The maximum atomic E-state index is 6.23. The summed E-state index contributed by atoms with van der Waals surface area (Å²) in [5.41, 5.74) is 9.85. The third-order valence-corrected chi connectivity index (χ3v) is 4.98. The van der Waals surface area contributed by atoms with Gasteiger partial charge in [0.1, 0.15) is 30.3 Å². The summed E-state index contributed by atoms with van der Waals surface area (Å²) in [6, 6.07) is 16.2. The second-order valence-electron chi connectivity index (χ2n) is 6.88. The highest BCUT2D eigenvalue weighted by Gasteiger charge is 2.25. The zero-order valence-corrected chi connectivity index (χ0v) is 15.1. The number of hydrogen-bond donors (Lipinski definition) is 1. The number of benzene rings is 2. The van der Waals surface area contributed by atoms with Crippen molar-refractivity contribution in [1.82, 2.24) is 14.5 Å². The molecule has 5 rings (SSSR count). The molecule has 6 heteroatoms. The second kappa shape index (κ2) is 6.25. The molecule has 0 bridgehead atoms. The molecule has 0 spiro atoms. The van der Waals surface area contributed by atoms with E-state index in [4.69, 9.17) is 20.2 Å². The Bertz CT molecular complexity index is 1140. The van der Waals surface area contributed by atoms with Gasteiger partial charge in [-0.3, -0.25) is 0 Å². The lowest BCUT2D eigenvalue weighted by molar-refractivity contribution is 0.0622. The topological polar surface area (TPSA) is 75.2 Å². The van der Waals surface area contributed by atoms with E-state index in [-0.39, 0.29) is 6.04 Å². The Hall–Kier alpha value is -3.12.